The third-order valence-corrected chi connectivity index (χ3v) is 3.28. The molecule has 0 radical (unpaired) electrons. The van der Waals surface area contributed by atoms with Crippen LogP contribution in [-0.2, 0) is 0 Å². The summed E-state index contributed by atoms with van der Waals surface area (Å²) in [7, 11) is 0. The minimum Gasteiger partial charge on any atom is -0.292 e. The highest BCUT2D eigenvalue weighted by Gasteiger charge is 2.23. The lowest BCUT2D eigenvalue weighted by molar-refractivity contribution is 0.0978. The number of ketones is 1. The molecule has 4 heteroatoms. The molecule has 1 atom stereocenters. The van der Waals surface area contributed by atoms with Crippen molar-refractivity contribution in [2.45, 2.75) is 12.8 Å². The molecule has 0 aliphatic heterocycles. The van der Waals surface area contributed by atoms with E-state index in [1.807, 2.05) is 6.07 Å². The Bertz CT molecular complexity index is 689. The summed E-state index contributed by atoms with van der Waals surface area (Å²) in [5.74, 6) is -1.66. The van der Waals surface area contributed by atoms with E-state index < -0.39 is 11.7 Å². The van der Waals surface area contributed by atoms with E-state index in [1.165, 1.54) is 24.3 Å². The third kappa shape index (κ3) is 2.87. The van der Waals surface area contributed by atoms with Crippen molar-refractivity contribution in [1.29, 1.82) is 5.26 Å². The predicted octanol–water partition coefficient (Wildman–Crippen LogP) is 4.28. The number of aryl methyl sites for hydroxylation is 1. The smallest absolute Gasteiger partial charge is 0.184 e. The first-order valence-corrected chi connectivity index (χ1v) is 6.36. The molecule has 100 valence electrons. The summed E-state index contributed by atoms with van der Waals surface area (Å²) in [5.41, 5.74) is 1.64. The van der Waals surface area contributed by atoms with Crippen molar-refractivity contribution in [1.82, 2.24) is 0 Å². The molecular formula is C16H11ClFNO. The van der Waals surface area contributed by atoms with Crippen LogP contribution in [0.15, 0.2) is 42.5 Å². The SMILES string of the molecule is Cc1cc(Cl)ccc1C(=O)C(C#N)c1ccc(F)cc1. The Balaban J connectivity index is 2.39. The molecule has 0 amide bonds. The van der Waals surface area contributed by atoms with E-state index in [-0.39, 0.29) is 5.78 Å². The summed E-state index contributed by atoms with van der Waals surface area (Å²) < 4.78 is 12.9. The van der Waals surface area contributed by atoms with E-state index in [0.717, 1.165) is 0 Å². The third-order valence-electron chi connectivity index (χ3n) is 3.05. The second kappa shape index (κ2) is 5.85. The van der Waals surface area contributed by atoms with Crippen molar-refractivity contribution >= 4 is 17.4 Å². The lowest BCUT2D eigenvalue weighted by Gasteiger charge is -2.11. The lowest BCUT2D eigenvalue weighted by Crippen LogP contribution is -2.12. The normalized spacial score (nSPS) is 11.7. The number of hydrogen-bond donors (Lipinski definition) is 0. The van der Waals surface area contributed by atoms with Gasteiger partial charge in [0, 0.05) is 10.6 Å². The number of rotatable bonds is 3. The Kier molecular flexibility index (Phi) is 4.16. The minimum atomic E-state index is -0.949. The highest BCUT2D eigenvalue weighted by Crippen LogP contribution is 2.24. The van der Waals surface area contributed by atoms with E-state index in [0.29, 0.717) is 21.7 Å². The second-order valence-corrected chi connectivity index (χ2v) is 4.87. The van der Waals surface area contributed by atoms with Gasteiger partial charge < -0.3 is 0 Å². The van der Waals surface area contributed by atoms with Crippen LogP contribution in [0.4, 0.5) is 4.39 Å². The zero-order valence-electron chi connectivity index (χ0n) is 10.7. The number of nitriles is 1. The van der Waals surface area contributed by atoms with Crippen molar-refractivity contribution in [2.24, 2.45) is 0 Å². The summed E-state index contributed by atoms with van der Waals surface area (Å²) in [6, 6.07) is 12.2. The topological polar surface area (TPSA) is 40.9 Å². The van der Waals surface area contributed by atoms with Crippen LogP contribution in [0.3, 0.4) is 0 Å². The monoisotopic (exact) mass is 287 g/mol. The summed E-state index contributed by atoms with van der Waals surface area (Å²) in [6.07, 6.45) is 0. The highest BCUT2D eigenvalue weighted by molar-refractivity contribution is 6.30. The zero-order chi connectivity index (χ0) is 14.7. The van der Waals surface area contributed by atoms with Crippen LogP contribution < -0.4 is 0 Å². The molecule has 0 spiro atoms. The molecule has 2 aromatic rings. The van der Waals surface area contributed by atoms with Gasteiger partial charge in [-0.15, -0.1) is 0 Å². The largest absolute Gasteiger partial charge is 0.292 e. The van der Waals surface area contributed by atoms with Gasteiger partial charge in [0.1, 0.15) is 11.7 Å². The van der Waals surface area contributed by atoms with Gasteiger partial charge in [-0.2, -0.15) is 5.26 Å². The van der Waals surface area contributed by atoms with E-state index in [1.54, 1.807) is 25.1 Å². The van der Waals surface area contributed by atoms with Crippen LogP contribution in [0.2, 0.25) is 5.02 Å². The summed E-state index contributed by atoms with van der Waals surface area (Å²) in [4.78, 5) is 12.4. The van der Waals surface area contributed by atoms with Gasteiger partial charge in [-0.25, -0.2) is 4.39 Å². The summed E-state index contributed by atoms with van der Waals surface area (Å²) in [5, 5.41) is 9.77. The van der Waals surface area contributed by atoms with E-state index in [4.69, 9.17) is 11.6 Å². The first kappa shape index (κ1) is 14.2. The summed E-state index contributed by atoms with van der Waals surface area (Å²) in [6.45, 7) is 1.76. The second-order valence-electron chi connectivity index (χ2n) is 4.44. The number of nitrogens with zero attached hydrogens (tertiary/aromatic N) is 1. The first-order valence-electron chi connectivity index (χ1n) is 5.98. The molecule has 0 N–H and O–H groups in total. The predicted molar refractivity (Wildman–Crippen MR) is 75.3 cm³/mol. The Hall–Kier alpha value is -2.18. The highest BCUT2D eigenvalue weighted by atomic mass is 35.5. The molecule has 2 aromatic carbocycles. The molecule has 2 nitrogen and oxygen atoms in total. The summed E-state index contributed by atoms with van der Waals surface area (Å²) >= 11 is 5.85. The van der Waals surface area contributed by atoms with E-state index in [2.05, 4.69) is 0 Å². The van der Waals surface area contributed by atoms with Crippen molar-refractivity contribution in [2.75, 3.05) is 0 Å². The van der Waals surface area contributed by atoms with Gasteiger partial charge >= 0.3 is 0 Å². The van der Waals surface area contributed by atoms with Crippen LogP contribution >= 0.6 is 11.6 Å². The zero-order valence-corrected chi connectivity index (χ0v) is 11.5. The molecule has 0 aliphatic rings. The van der Waals surface area contributed by atoms with E-state index >= 15 is 0 Å². The average Bonchev–Trinajstić information content (AvgIpc) is 2.41. The van der Waals surface area contributed by atoms with Crippen LogP contribution in [0.1, 0.15) is 27.4 Å². The van der Waals surface area contributed by atoms with Gasteiger partial charge in [0.2, 0.25) is 0 Å². The van der Waals surface area contributed by atoms with Crippen molar-refractivity contribution < 1.29 is 9.18 Å². The minimum absolute atomic E-state index is 0.312. The van der Waals surface area contributed by atoms with Gasteiger partial charge in [-0.1, -0.05) is 23.7 Å². The first-order chi connectivity index (χ1) is 9.52. The molecule has 0 fully saturated rings. The number of Topliss-reactive ketones (excluding diaryl/α,β-unsaturated/α-hetero) is 1. The molecule has 0 saturated heterocycles. The molecule has 0 aliphatic carbocycles. The van der Waals surface area contributed by atoms with Gasteiger partial charge in [0.25, 0.3) is 0 Å². The van der Waals surface area contributed by atoms with Gasteiger partial charge in [-0.05, 0) is 48.4 Å². The number of benzene rings is 2. The fraction of sp³-hybridized carbons (Fsp3) is 0.125. The van der Waals surface area contributed by atoms with Gasteiger partial charge in [-0.3, -0.25) is 4.79 Å². The number of carbonyl (C=O) groups excluding carboxylic acids is 1. The molecule has 1 unspecified atom stereocenters. The van der Waals surface area contributed by atoms with Crippen molar-refractivity contribution in [3.8, 4) is 6.07 Å². The average molecular weight is 288 g/mol. The molecular weight excluding hydrogens is 277 g/mol. The van der Waals surface area contributed by atoms with Crippen LogP contribution in [0, 0.1) is 24.1 Å². The fourth-order valence-corrected chi connectivity index (χ4v) is 2.23. The van der Waals surface area contributed by atoms with Crippen molar-refractivity contribution in [3.05, 3.63) is 70.0 Å². The molecule has 0 saturated carbocycles. The van der Waals surface area contributed by atoms with E-state index in [9.17, 15) is 14.4 Å². The molecule has 20 heavy (non-hydrogen) atoms. The maximum atomic E-state index is 12.9. The standard InChI is InChI=1S/C16H11ClFNO/c1-10-8-12(17)4-7-14(10)16(20)15(9-19)11-2-5-13(18)6-3-11/h2-8,15H,1H3. The number of hydrogen-bond acceptors (Lipinski definition) is 2. The number of halogens is 2. The maximum Gasteiger partial charge on any atom is 0.184 e. The van der Waals surface area contributed by atoms with Crippen LogP contribution in [0.5, 0.6) is 0 Å². The molecule has 0 heterocycles. The van der Waals surface area contributed by atoms with Crippen molar-refractivity contribution in [3.63, 3.8) is 0 Å². The quantitative estimate of drug-likeness (QED) is 0.791. The molecule has 0 aromatic heterocycles. The Morgan fingerprint density at radius 2 is 1.90 bits per heavy atom. The fourth-order valence-electron chi connectivity index (χ4n) is 2.00. The Morgan fingerprint density at radius 1 is 1.25 bits per heavy atom. The van der Waals surface area contributed by atoms with Crippen LogP contribution in [0.25, 0.3) is 0 Å². The molecule has 2 rings (SSSR count). The molecule has 0 bridgehead atoms. The lowest BCUT2D eigenvalue weighted by atomic mass is 9.90. The maximum absolute atomic E-state index is 12.9. The van der Waals surface area contributed by atoms with Crippen LogP contribution in [-0.4, -0.2) is 5.78 Å². The number of carbonyl (C=O) groups is 1. The Labute approximate surface area is 121 Å². The van der Waals surface area contributed by atoms with Gasteiger partial charge in [0.05, 0.1) is 6.07 Å². The van der Waals surface area contributed by atoms with Gasteiger partial charge in [0.15, 0.2) is 5.78 Å². The Morgan fingerprint density at radius 3 is 2.45 bits per heavy atom.